The zero-order valence-corrected chi connectivity index (χ0v) is 12.6. The van der Waals surface area contributed by atoms with Crippen molar-refractivity contribution in [3.05, 3.63) is 35.0 Å². The third-order valence-electron chi connectivity index (χ3n) is 3.65. The van der Waals surface area contributed by atoms with Gasteiger partial charge in [0.25, 0.3) is 0 Å². The summed E-state index contributed by atoms with van der Waals surface area (Å²) in [7, 11) is 0. The number of halogens is 1. The van der Waals surface area contributed by atoms with Gasteiger partial charge in [-0.2, -0.15) is 0 Å². The molecule has 0 aliphatic carbocycles. The molecule has 1 N–H and O–H groups in total. The fourth-order valence-corrected chi connectivity index (χ4v) is 2.54. The van der Waals surface area contributed by atoms with Gasteiger partial charge in [0.15, 0.2) is 5.58 Å². The van der Waals surface area contributed by atoms with Crippen LogP contribution in [0.2, 0.25) is 5.02 Å². The van der Waals surface area contributed by atoms with Gasteiger partial charge in [-0.15, -0.1) is 0 Å². The molecule has 2 nitrogen and oxygen atoms in total. The maximum absolute atomic E-state index is 6.18. The molecule has 3 heteroatoms. The third-order valence-corrected chi connectivity index (χ3v) is 3.95. The summed E-state index contributed by atoms with van der Waals surface area (Å²) in [6, 6.07) is 8.24. The van der Waals surface area contributed by atoms with Crippen molar-refractivity contribution in [3.8, 4) is 0 Å². The Kier molecular flexibility index (Phi) is 4.89. The highest BCUT2D eigenvalue weighted by Crippen LogP contribution is 2.32. The zero-order chi connectivity index (χ0) is 13.8. The summed E-state index contributed by atoms with van der Waals surface area (Å²) in [6.07, 6.45) is 2.24. The van der Waals surface area contributed by atoms with Crippen LogP contribution in [0.3, 0.4) is 0 Å². The van der Waals surface area contributed by atoms with Crippen LogP contribution in [0.4, 0.5) is 0 Å². The molecule has 0 bridgehead atoms. The van der Waals surface area contributed by atoms with Crippen LogP contribution in [0.25, 0.3) is 11.0 Å². The minimum Gasteiger partial charge on any atom is -0.458 e. The van der Waals surface area contributed by atoms with Crippen LogP contribution >= 0.6 is 11.6 Å². The Hall–Kier alpha value is -0.990. The molecule has 1 aromatic carbocycles. The van der Waals surface area contributed by atoms with Crippen LogP contribution in [0, 0.1) is 5.92 Å². The van der Waals surface area contributed by atoms with Crippen molar-refractivity contribution in [2.24, 2.45) is 5.92 Å². The SMILES string of the molecule is CCCNC(c1cc2cccc(Cl)c2o1)C(C)CC. The first-order chi connectivity index (χ1) is 9.17. The summed E-state index contributed by atoms with van der Waals surface area (Å²) in [4.78, 5) is 0. The summed E-state index contributed by atoms with van der Waals surface area (Å²) in [5.41, 5.74) is 0.797. The molecule has 1 heterocycles. The zero-order valence-electron chi connectivity index (χ0n) is 11.9. The molecule has 2 atom stereocenters. The van der Waals surface area contributed by atoms with E-state index in [4.69, 9.17) is 16.0 Å². The largest absolute Gasteiger partial charge is 0.458 e. The molecule has 2 rings (SSSR count). The Balaban J connectivity index is 2.35. The van der Waals surface area contributed by atoms with Gasteiger partial charge in [0.2, 0.25) is 0 Å². The maximum atomic E-state index is 6.18. The van der Waals surface area contributed by atoms with E-state index < -0.39 is 0 Å². The van der Waals surface area contributed by atoms with E-state index in [-0.39, 0.29) is 6.04 Å². The monoisotopic (exact) mass is 279 g/mol. The highest BCUT2D eigenvalue weighted by molar-refractivity contribution is 6.34. The smallest absolute Gasteiger partial charge is 0.152 e. The molecule has 0 aliphatic rings. The molecule has 2 unspecified atom stereocenters. The molecular formula is C16H22ClNO. The highest BCUT2D eigenvalue weighted by atomic mass is 35.5. The summed E-state index contributed by atoms with van der Waals surface area (Å²) >= 11 is 6.18. The van der Waals surface area contributed by atoms with E-state index in [1.807, 2.05) is 18.2 Å². The molecule has 0 radical (unpaired) electrons. The number of benzene rings is 1. The molecular weight excluding hydrogens is 258 g/mol. The van der Waals surface area contributed by atoms with E-state index in [2.05, 4.69) is 32.2 Å². The number of rotatable bonds is 6. The van der Waals surface area contributed by atoms with Gasteiger partial charge in [0.05, 0.1) is 11.1 Å². The lowest BCUT2D eigenvalue weighted by Gasteiger charge is -2.22. The van der Waals surface area contributed by atoms with E-state index >= 15 is 0 Å². The third kappa shape index (κ3) is 3.13. The Morgan fingerprint density at radius 2 is 2.11 bits per heavy atom. The fourth-order valence-electron chi connectivity index (χ4n) is 2.32. The predicted octanol–water partition coefficient (Wildman–Crippen LogP) is 5.17. The van der Waals surface area contributed by atoms with Crippen LogP contribution in [0.15, 0.2) is 28.7 Å². The van der Waals surface area contributed by atoms with Crippen molar-refractivity contribution in [3.63, 3.8) is 0 Å². The number of fused-ring (bicyclic) bond motifs is 1. The fraction of sp³-hybridized carbons (Fsp3) is 0.500. The highest BCUT2D eigenvalue weighted by Gasteiger charge is 2.21. The van der Waals surface area contributed by atoms with Crippen molar-refractivity contribution in [2.75, 3.05) is 6.54 Å². The van der Waals surface area contributed by atoms with Crippen molar-refractivity contribution < 1.29 is 4.42 Å². The lowest BCUT2D eigenvalue weighted by atomic mass is 9.96. The van der Waals surface area contributed by atoms with Gasteiger partial charge < -0.3 is 9.73 Å². The van der Waals surface area contributed by atoms with Crippen LogP contribution in [-0.2, 0) is 0 Å². The van der Waals surface area contributed by atoms with Crippen LogP contribution < -0.4 is 5.32 Å². The average Bonchev–Trinajstić information content (AvgIpc) is 2.84. The predicted molar refractivity (Wildman–Crippen MR) is 81.7 cm³/mol. The molecule has 0 saturated carbocycles. The van der Waals surface area contributed by atoms with E-state index in [1.165, 1.54) is 0 Å². The molecule has 0 aliphatic heterocycles. The minimum absolute atomic E-state index is 0.258. The summed E-state index contributed by atoms with van der Waals surface area (Å²) in [5.74, 6) is 1.52. The summed E-state index contributed by atoms with van der Waals surface area (Å²) < 4.78 is 5.99. The van der Waals surface area contributed by atoms with E-state index in [0.717, 1.165) is 36.1 Å². The van der Waals surface area contributed by atoms with Gasteiger partial charge in [-0.25, -0.2) is 0 Å². The molecule has 2 aromatic rings. The molecule has 0 saturated heterocycles. The number of nitrogens with one attached hydrogen (secondary N) is 1. The quantitative estimate of drug-likeness (QED) is 0.789. The Bertz CT molecular complexity index is 535. The maximum Gasteiger partial charge on any atom is 0.152 e. The average molecular weight is 280 g/mol. The Morgan fingerprint density at radius 3 is 2.74 bits per heavy atom. The van der Waals surface area contributed by atoms with Crippen LogP contribution in [0.5, 0.6) is 0 Å². The topological polar surface area (TPSA) is 25.2 Å². The number of furan rings is 1. The van der Waals surface area contributed by atoms with Gasteiger partial charge >= 0.3 is 0 Å². The van der Waals surface area contributed by atoms with Crippen LogP contribution in [0.1, 0.15) is 45.4 Å². The van der Waals surface area contributed by atoms with Crippen molar-refractivity contribution in [2.45, 2.75) is 39.7 Å². The first kappa shape index (κ1) is 14.4. The second kappa shape index (κ2) is 6.44. The number of hydrogen-bond donors (Lipinski definition) is 1. The first-order valence-electron chi connectivity index (χ1n) is 7.08. The minimum atomic E-state index is 0.258. The lowest BCUT2D eigenvalue weighted by Crippen LogP contribution is -2.27. The van der Waals surface area contributed by atoms with Crippen molar-refractivity contribution >= 4 is 22.6 Å². The normalized spacial score (nSPS) is 14.7. The van der Waals surface area contributed by atoms with Gasteiger partial charge in [-0.3, -0.25) is 0 Å². The van der Waals surface area contributed by atoms with Crippen LogP contribution in [-0.4, -0.2) is 6.54 Å². The molecule has 0 spiro atoms. The first-order valence-corrected chi connectivity index (χ1v) is 7.46. The van der Waals surface area contributed by atoms with Crippen molar-refractivity contribution in [1.29, 1.82) is 0 Å². The standard InChI is InChI=1S/C16H22ClNO/c1-4-9-18-15(11(3)5-2)14-10-12-7-6-8-13(17)16(12)19-14/h6-8,10-11,15,18H,4-5,9H2,1-3H3. The molecule has 19 heavy (non-hydrogen) atoms. The molecule has 1 aromatic heterocycles. The van der Waals surface area contributed by atoms with E-state index in [0.29, 0.717) is 10.9 Å². The summed E-state index contributed by atoms with van der Waals surface area (Å²) in [5, 5.41) is 5.34. The summed E-state index contributed by atoms with van der Waals surface area (Å²) in [6.45, 7) is 7.64. The lowest BCUT2D eigenvalue weighted by molar-refractivity contribution is 0.327. The second-order valence-corrected chi connectivity index (χ2v) is 5.53. The Morgan fingerprint density at radius 1 is 1.32 bits per heavy atom. The molecule has 0 fully saturated rings. The Labute approximate surface area is 120 Å². The van der Waals surface area contributed by atoms with Gasteiger partial charge in [0.1, 0.15) is 5.76 Å². The van der Waals surface area contributed by atoms with Gasteiger partial charge in [-0.05, 0) is 31.0 Å². The van der Waals surface area contributed by atoms with Gasteiger partial charge in [-0.1, -0.05) is 50.9 Å². The van der Waals surface area contributed by atoms with E-state index in [9.17, 15) is 0 Å². The second-order valence-electron chi connectivity index (χ2n) is 5.12. The number of para-hydroxylation sites is 1. The van der Waals surface area contributed by atoms with E-state index in [1.54, 1.807) is 0 Å². The van der Waals surface area contributed by atoms with Gasteiger partial charge in [0, 0.05) is 5.39 Å². The molecule has 104 valence electrons. The molecule has 0 amide bonds. The van der Waals surface area contributed by atoms with Crippen molar-refractivity contribution in [1.82, 2.24) is 5.32 Å². The number of hydrogen-bond acceptors (Lipinski definition) is 2.